The lowest BCUT2D eigenvalue weighted by Gasteiger charge is -2.30. The van der Waals surface area contributed by atoms with Gasteiger partial charge < -0.3 is 5.32 Å². The molecule has 0 radical (unpaired) electrons. The van der Waals surface area contributed by atoms with Crippen molar-refractivity contribution in [3.63, 3.8) is 0 Å². The van der Waals surface area contributed by atoms with Crippen LogP contribution in [0.1, 0.15) is 6.42 Å². The highest BCUT2D eigenvalue weighted by Crippen LogP contribution is 2.42. The summed E-state index contributed by atoms with van der Waals surface area (Å²) < 4.78 is 114. The molecule has 21 heavy (non-hydrogen) atoms. The maximum atomic E-state index is 13.4. The van der Waals surface area contributed by atoms with Gasteiger partial charge in [-0.15, -0.1) is 6.58 Å². The van der Waals surface area contributed by atoms with Crippen LogP contribution in [-0.4, -0.2) is 36.8 Å². The van der Waals surface area contributed by atoms with Gasteiger partial charge in [-0.25, -0.2) is 0 Å². The molecule has 0 saturated carbocycles. The van der Waals surface area contributed by atoms with E-state index in [4.69, 9.17) is 0 Å². The Balaban J connectivity index is 5.36. The summed E-state index contributed by atoms with van der Waals surface area (Å²) >= 11 is 0. The third-order valence-electron chi connectivity index (χ3n) is 1.76. The fourth-order valence-corrected chi connectivity index (χ4v) is 0.987. The normalized spacial score (nSPS) is 16.2. The first-order valence-electron chi connectivity index (χ1n) is 4.94. The van der Waals surface area contributed by atoms with E-state index >= 15 is 0 Å². The molecule has 12 heteroatoms. The summed E-state index contributed by atoms with van der Waals surface area (Å²) in [5.74, 6) is -8.37. The Bertz CT molecular complexity index is 390. The number of carbonyl (C=O) groups excluding carboxylic acids is 1. The van der Waals surface area contributed by atoms with Crippen LogP contribution >= 0.6 is 0 Å². The number of hydrogen-bond acceptors (Lipinski definition) is 2. The highest BCUT2D eigenvalue weighted by molar-refractivity contribution is 5.84. The molecule has 1 N–H and O–H groups in total. The van der Waals surface area contributed by atoms with Crippen LogP contribution in [0.15, 0.2) is 12.7 Å². The maximum absolute atomic E-state index is 13.4. The van der Waals surface area contributed by atoms with Gasteiger partial charge in [-0.2, -0.15) is 39.5 Å². The summed E-state index contributed by atoms with van der Waals surface area (Å²) in [7, 11) is 0. The van der Waals surface area contributed by atoms with Gasteiger partial charge in [0.25, 0.3) is 5.91 Å². The van der Waals surface area contributed by atoms with E-state index < -0.39 is 43.2 Å². The van der Waals surface area contributed by atoms with Crippen molar-refractivity contribution in [3.05, 3.63) is 12.7 Å². The molecular formula is C9H8F9NO2. The molecule has 0 bridgehead atoms. The summed E-state index contributed by atoms with van der Waals surface area (Å²) in [5.41, 5.74) is 0. The Hall–Kier alpha value is -1.46. The Morgan fingerprint density at radius 3 is 1.86 bits per heavy atom. The van der Waals surface area contributed by atoms with Crippen LogP contribution in [0.25, 0.3) is 0 Å². The number of hydrogen-bond donors (Lipinski definition) is 1. The summed E-state index contributed by atoms with van der Waals surface area (Å²) in [4.78, 5) is 10.9. The lowest BCUT2D eigenvalue weighted by atomic mass is 10.2. The van der Waals surface area contributed by atoms with Crippen molar-refractivity contribution in [1.82, 2.24) is 5.32 Å². The molecule has 0 aliphatic heterocycles. The molecule has 0 spiro atoms. The van der Waals surface area contributed by atoms with E-state index in [0.29, 0.717) is 0 Å². The molecule has 0 aromatic carbocycles. The minimum absolute atomic E-state index is 0.755. The van der Waals surface area contributed by atoms with Crippen molar-refractivity contribution in [3.8, 4) is 0 Å². The van der Waals surface area contributed by atoms with Gasteiger partial charge in [0.1, 0.15) is 6.42 Å². The van der Waals surface area contributed by atoms with E-state index in [2.05, 4.69) is 11.3 Å². The van der Waals surface area contributed by atoms with Crippen molar-refractivity contribution in [1.29, 1.82) is 0 Å². The van der Waals surface area contributed by atoms with Crippen LogP contribution in [-0.2, 0) is 9.53 Å². The zero-order chi connectivity index (χ0) is 17.1. The molecule has 0 saturated heterocycles. The molecule has 0 aliphatic rings. The van der Waals surface area contributed by atoms with Gasteiger partial charge in [-0.3, -0.25) is 9.53 Å². The van der Waals surface area contributed by atoms with Gasteiger partial charge in [0.05, 0.1) is 0 Å². The van der Waals surface area contributed by atoms with Crippen LogP contribution in [0.4, 0.5) is 39.5 Å². The van der Waals surface area contributed by atoms with Gasteiger partial charge in [0, 0.05) is 6.54 Å². The summed E-state index contributed by atoms with van der Waals surface area (Å²) in [5, 5.41) is 1.17. The van der Waals surface area contributed by atoms with E-state index in [0.717, 1.165) is 6.08 Å². The Labute approximate surface area is 111 Å². The van der Waals surface area contributed by atoms with Crippen LogP contribution < -0.4 is 5.32 Å². The second-order valence-corrected chi connectivity index (χ2v) is 3.62. The van der Waals surface area contributed by atoms with Gasteiger partial charge >= 0.3 is 24.3 Å². The number of ether oxygens (including phenoxy) is 1. The van der Waals surface area contributed by atoms with Crippen LogP contribution in [0.2, 0.25) is 0 Å². The van der Waals surface area contributed by atoms with E-state index in [9.17, 15) is 44.3 Å². The minimum Gasteiger partial charge on any atom is -0.347 e. The number of amides is 1. The van der Waals surface area contributed by atoms with Gasteiger partial charge in [-0.1, -0.05) is 6.08 Å². The van der Waals surface area contributed by atoms with Crippen molar-refractivity contribution >= 4 is 5.91 Å². The van der Waals surface area contributed by atoms with Crippen LogP contribution in [0.5, 0.6) is 0 Å². The summed E-state index contributed by atoms with van der Waals surface area (Å²) in [6.07, 6.45) is -20.0. The number of alkyl halides is 9. The SMILES string of the molecule is C=CCNC(=O)C(F)(OC(F)(F)CC(F)(F)F)C(F)(F)F. The maximum Gasteiger partial charge on any atom is 0.458 e. The first kappa shape index (κ1) is 19.5. The molecule has 0 rings (SSSR count). The van der Waals surface area contributed by atoms with Gasteiger partial charge in [0.2, 0.25) is 0 Å². The number of carbonyl (C=O) groups is 1. The quantitative estimate of drug-likeness (QED) is 0.599. The Morgan fingerprint density at radius 1 is 1.05 bits per heavy atom. The number of halogens is 9. The second kappa shape index (κ2) is 6.12. The van der Waals surface area contributed by atoms with Crippen molar-refractivity contribution < 1.29 is 49.0 Å². The van der Waals surface area contributed by atoms with E-state index in [1.807, 2.05) is 0 Å². The number of rotatable bonds is 6. The highest BCUT2D eigenvalue weighted by atomic mass is 19.4. The van der Waals surface area contributed by atoms with Crippen molar-refractivity contribution in [2.24, 2.45) is 0 Å². The Kier molecular flexibility index (Phi) is 5.69. The van der Waals surface area contributed by atoms with E-state index in [1.54, 1.807) is 0 Å². The molecule has 0 heterocycles. The lowest BCUT2D eigenvalue weighted by molar-refractivity contribution is -0.406. The summed E-state index contributed by atoms with van der Waals surface area (Å²) in [6.45, 7) is 2.19. The third-order valence-corrected chi connectivity index (χ3v) is 1.76. The first-order valence-corrected chi connectivity index (χ1v) is 4.94. The largest absolute Gasteiger partial charge is 0.458 e. The molecule has 1 amide bonds. The summed E-state index contributed by atoms with van der Waals surface area (Å²) in [6, 6.07) is 0. The predicted octanol–water partition coefficient (Wildman–Crippen LogP) is 3.08. The average molecular weight is 333 g/mol. The second-order valence-electron chi connectivity index (χ2n) is 3.62. The standard InChI is InChI=1S/C9H8F9NO2/c1-2-3-19-5(20)8(15,9(16,17)18)21-7(13,14)4-6(10,11)12/h2H,1,3-4H2,(H,19,20). The molecule has 124 valence electrons. The molecule has 0 aromatic heterocycles. The van der Waals surface area contributed by atoms with Crippen LogP contribution in [0.3, 0.4) is 0 Å². The topological polar surface area (TPSA) is 38.3 Å². The molecular weight excluding hydrogens is 325 g/mol. The fourth-order valence-electron chi connectivity index (χ4n) is 0.987. The van der Waals surface area contributed by atoms with Gasteiger partial charge in [-0.05, 0) is 0 Å². The number of nitrogens with one attached hydrogen (secondary N) is 1. The fraction of sp³-hybridized carbons (Fsp3) is 0.667. The molecule has 1 atom stereocenters. The average Bonchev–Trinajstić information content (AvgIpc) is 2.19. The van der Waals surface area contributed by atoms with E-state index in [-0.39, 0.29) is 0 Å². The van der Waals surface area contributed by atoms with Gasteiger partial charge in [0.15, 0.2) is 0 Å². The zero-order valence-electron chi connectivity index (χ0n) is 9.92. The molecule has 0 aromatic rings. The molecule has 1 unspecified atom stereocenters. The molecule has 0 aliphatic carbocycles. The van der Waals surface area contributed by atoms with Crippen LogP contribution in [0, 0.1) is 0 Å². The molecule has 0 fully saturated rings. The molecule has 3 nitrogen and oxygen atoms in total. The predicted molar refractivity (Wildman–Crippen MR) is 49.8 cm³/mol. The van der Waals surface area contributed by atoms with Crippen molar-refractivity contribution in [2.75, 3.05) is 6.54 Å². The highest BCUT2D eigenvalue weighted by Gasteiger charge is 2.68. The third kappa shape index (κ3) is 5.81. The zero-order valence-corrected chi connectivity index (χ0v) is 9.92. The smallest absolute Gasteiger partial charge is 0.347 e. The minimum atomic E-state index is -6.33. The van der Waals surface area contributed by atoms with E-state index in [1.165, 1.54) is 5.32 Å². The monoisotopic (exact) mass is 333 g/mol. The van der Waals surface area contributed by atoms with Crippen molar-refractivity contribution in [2.45, 2.75) is 30.7 Å². The Morgan fingerprint density at radius 2 is 1.52 bits per heavy atom. The first-order chi connectivity index (χ1) is 9.15. The lowest BCUT2D eigenvalue weighted by Crippen LogP contribution is -2.58.